The molecule has 0 aromatic heterocycles. The van der Waals surface area contributed by atoms with Crippen molar-refractivity contribution in [2.24, 2.45) is 0 Å². The van der Waals surface area contributed by atoms with Gasteiger partial charge in [-0.15, -0.1) is 0 Å². The van der Waals surface area contributed by atoms with Crippen LogP contribution in [-0.4, -0.2) is 5.78 Å². The molecule has 0 spiro atoms. The van der Waals surface area contributed by atoms with Crippen LogP contribution in [0.4, 0.5) is 0 Å². The van der Waals surface area contributed by atoms with Crippen molar-refractivity contribution in [2.45, 2.75) is 32.1 Å². The van der Waals surface area contributed by atoms with Crippen molar-refractivity contribution in [1.29, 1.82) is 5.26 Å². The topological polar surface area (TPSA) is 40.9 Å². The lowest BCUT2D eigenvalue weighted by Crippen LogP contribution is -1.99. The third-order valence-corrected chi connectivity index (χ3v) is 2.70. The highest BCUT2D eigenvalue weighted by Crippen LogP contribution is 2.18. The van der Waals surface area contributed by atoms with E-state index in [1.807, 2.05) is 12.1 Å². The van der Waals surface area contributed by atoms with Crippen molar-refractivity contribution in [3.05, 3.63) is 34.9 Å². The van der Waals surface area contributed by atoms with Crippen LogP contribution in [0.25, 0.3) is 0 Å². The first kappa shape index (κ1) is 12.7. The van der Waals surface area contributed by atoms with E-state index in [4.69, 9.17) is 16.9 Å². The van der Waals surface area contributed by atoms with E-state index in [9.17, 15) is 4.79 Å². The van der Waals surface area contributed by atoms with E-state index in [1.165, 1.54) is 0 Å². The van der Waals surface area contributed by atoms with Crippen LogP contribution in [0.3, 0.4) is 0 Å². The summed E-state index contributed by atoms with van der Waals surface area (Å²) in [4.78, 5) is 11.7. The van der Waals surface area contributed by atoms with Crippen molar-refractivity contribution >= 4 is 17.4 Å². The Morgan fingerprint density at radius 2 is 2.00 bits per heavy atom. The SMILES string of the molecule is N#CCCCCCC(=O)c1ccccc1Cl. The second kappa shape index (κ2) is 7.03. The van der Waals surface area contributed by atoms with Crippen molar-refractivity contribution in [2.75, 3.05) is 0 Å². The van der Waals surface area contributed by atoms with Crippen molar-refractivity contribution in [1.82, 2.24) is 0 Å². The fraction of sp³-hybridized carbons (Fsp3) is 0.385. The number of hydrogen-bond acceptors (Lipinski definition) is 2. The number of unbranched alkanes of at least 4 members (excludes halogenated alkanes) is 3. The highest BCUT2D eigenvalue weighted by molar-refractivity contribution is 6.33. The second-order valence-corrected chi connectivity index (χ2v) is 4.03. The van der Waals surface area contributed by atoms with Gasteiger partial charge in [-0.25, -0.2) is 0 Å². The average Bonchev–Trinajstić information content (AvgIpc) is 2.29. The Morgan fingerprint density at radius 1 is 1.25 bits per heavy atom. The Morgan fingerprint density at radius 3 is 2.69 bits per heavy atom. The molecule has 0 amide bonds. The fourth-order valence-corrected chi connectivity index (χ4v) is 1.73. The summed E-state index contributed by atoms with van der Waals surface area (Å²) in [5, 5.41) is 8.87. The van der Waals surface area contributed by atoms with Crippen molar-refractivity contribution in [3.8, 4) is 6.07 Å². The van der Waals surface area contributed by atoms with Gasteiger partial charge in [0.25, 0.3) is 0 Å². The Labute approximate surface area is 101 Å². The highest BCUT2D eigenvalue weighted by atomic mass is 35.5. The number of ketones is 1. The molecule has 1 rings (SSSR count). The molecule has 16 heavy (non-hydrogen) atoms. The summed E-state index contributed by atoms with van der Waals surface area (Å²) in [5.74, 6) is 0.0857. The van der Waals surface area contributed by atoms with Crippen molar-refractivity contribution in [3.63, 3.8) is 0 Å². The highest BCUT2D eigenvalue weighted by Gasteiger charge is 2.08. The smallest absolute Gasteiger partial charge is 0.164 e. The summed E-state index contributed by atoms with van der Waals surface area (Å²) in [6, 6.07) is 9.19. The van der Waals surface area contributed by atoms with Gasteiger partial charge >= 0.3 is 0 Å². The molecule has 0 aliphatic carbocycles. The Bertz CT molecular complexity index is 395. The quantitative estimate of drug-likeness (QED) is 0.552. The van der Waals surface area contributed by atoms with Crippen molar-refractivity contribution < 1.29 is 4.79 Å². The molecule has 0 aliphatic heterocycles. The molecule has 0 fully saturated rings. The van der Waals surface area contributed by atoms with E-state index >= 15 is 0 Å². The first-order chi connectivity index (χ1) is 7.75. The molecule has 3 heteroatoms. The zero-order valence-electron chi connectivity index (χ0n) is 9.08. The van der Waals surface area contributed by atoms with Gasteiger partial charge < -0.3 is 0 Å². The van der Waals surface area contributed by atoms with Crippen LogP contribution in [0.5, 0.6) is 0 Å². The predicted octanol–water partition coefficient (Wildman–Crippen LogP) is 4.00. The molecule has 0 N–H and O–H groups in total. The molecule has 1 aromatic carbocycles. The zero-order chi connectivity index (χ0) is 11.8. The van der Waals surface area contributed by atoms with Crippen LogP contribution >= 0.6 is 11.6 Å². The Hall–Kier alpha value is -1.33. The van der Waals surface area contributed by atoms with E-state index in [-0.39, 0.29) is 5.78 Å². The van der Waals surface area contributed by atoms with Crippen LogP contribution < -0.4 is 0 Å². The lowest BCUT2D eigenvalue weighted by atomic mass is 10.0. The van der Waals surface area contributed by atoms with Crippen LogP contribution in [-0.2, 0) is 0 Å². The van der Waals surface area contributed by atoms with Gasteiger partial charge in [0.05, 0.1) is 11.1 Å². The summed E-state index contributed by atoms with van der Waals surface area (Å²) >= 11 is 5.92. The number of carbonyl (C=O) groups excluding carboxylic acids is 1. The Kier molecular flexibility index (Phi) is 5.60. The zero-order valence-corrected chi connectivity index (χ0v) is 9.83. The lowest BCUT2D eigenvalue weighted by Gasteiger charge is -2.02. The van der Waals surface area contributed by atoms with E-state index in [0.29, 0.717) is 23.4 Å². The van der Waals surface area contributed by atoms with Gasteiger partial charge in [-0.1, -0.05) is 30.2 Å². The normalized spacial score (nSPS) is 9.75. The number of benzene rings is 1. The molecule has 2 nitrogen and oxygen atoms in total. The molecule has 0 aliphatic rings. The summed E-state index contributed by atoms with van der Waals surface area (Å²) in [6.45, 7) is 0. The predicted molar refractivity (Wildman–Crippen MR) is 64.5 cm³/mol. The van der Waals surface area contributed by atoms with E-state index in [0.717, 1.165) is 19.3 Å². The number of rotatable bonds is 6. The monoisotopic (exact) mass is 235 g/mol. The molecule has 0 atom stereocenters. The molecule has 0 radical (unpaired) electrons. The van der Waals surface area contributed by atoms with Crippen LogP contribution in [0.15, 0.2) is 24.3 Å². The van der Waals surface area contributed by atoms with Crippen LogP contribution in [0, 0.1) is 11.3 Å². The van der Waals surface area contributed by atoms with E-state index in [1.54, 1.807) is 12.1 Å². The summed E-state index contributed by atoms with van der Waals surface area (Å²) in [6.07, 6.45) is 3.69. The standard InChI is InChI=1S/C13H14ClNO/c14-12-8-5-4-7-11(12)13(16)9-3-1-2-6-10-15/h4-5,7-8H,1-3,6,9H2. The minimum atomic E-state index is 0.0857. The van der Waals surface area contributed by atoms with Crippen LogP contribution in [0.1, 0.15) is 42.5 Å². The van der Waals surface area contributed by atoms with Gasteiger partial charge in [0.1, 0.15) is 0 Å². The number of nitrogens with zero attached hydrogens (tertiary/aromatic N) is 1. The summed E-state index contributed by atoms with van der Waals surface area (Å²) in [7, 11) is 0. The van der Waals surface area contributed by atoms with Crippen LogP contribution in [0.2, 0.25) is 5.02 Å². The molecular weight excluding hydrogens is 222 g/mol. The summed E-state index contributed by atoms with van der Waals surface area (Å²) in [5.41, 5.74) is 0.601. The van der Waals surface area contributed by atoms with E-state index in [2.05, 4.69) is 6.07 Å². The molecular formula is C13H14ClNO. The number of carbonyl (C=O) groups is 1. The minimum absolute atomic E-state index is 0.0857. The molecule has 0 unspecified atom stereocenters. The Balaban J connectivity index is 2.36. The van der Waals surface area contributed by atoms with Gasteiger partial charge in [0.2, 0.25) is 0 Å². The third-order valence-electron chi connectivity index (χ3n) is 2.37. The number of hydrogen-bond donors (Lipinski definition) is 0. The summed E-state index contributed by atoms with van der Waals surface area (Å²) < 4.78 is 0. The molecule has 84 valence electrons. The maximum atomic E-state index is 11.7. The molecule has 0 bridgehead atoms. The fourth-order valence-electron chi connectivity index (χ4n) is 1.49. The van der Waals surface area contributed by atoms with E-state index < -0.39 is 0 Å². The van der Waals surface area contributed by atoms with Gasteiger partial charge in [-0.05, 0) is 25.0 Å². The molecule has 0 saturated heterocycles. The molecule has 0 heterocycles. The first-order valence-corrected chi connectivity index (χ1v) is 5.78. The number of nitriles is 1. The van der Waals surface area contributed by atoms with Gasteiger partial charge in [-0.2, -0.15) is 5.26 Å². The molecule has 0 saturated carbocycles. The average molecular weight is 236 g/mol. The minimum Gasteiger partial charge on any atom is -0.294 e. The van der Waals surface area contributed by atoms with Gasteiger partial charge in [0.15, 0.2) is 5.78 Å². The maximum Gasteiger partial charge on any atom is 0.164 e. The first-order valence-electron chi connectivity index (χ1n) is 5.40. The third kappa shape index (κ3) is 4.04. The lowest BCUT2D eigenvalue weighted by molar-refractivity contribution is 0.0979. The molecule has 1 aromatic rings. The number of Topliss-reactive ketones (excluding diaryl/α,β-unsaturated/α-hetero) is 1. The number of halogens is 1. The maximum absolute atomic E-state index is 11.7. The largest absolute Gasteiger partial charge is 0.294 e. The van der Waals surface area contributed by atoms with Gasteiger partial charge in [-0.3, -0.25) is 4.79 Å². The van der Waals surface area contributed by atoms with Gasteiger partial charge in [0, 0.05) is 18.4 Å². The second-order valence-electron chi connectivity index (χ2n) is 3.62.